The molecule has 2 aromatic heterocycles. The molecule has 0 spiro atoms. The van der Waals surface area contributed by atoms with E-state index in [0.29, 0.717) is 13.1 Å². The lowest BCUT2D eigenvalue weighted by atomic mass is 10.1. The summed E-state index contributed by atoms with van der Waals surface area (Å²) in [7, 11) is 0. The Bertz CT molecular complexity index is 1460. The minimum atomic E-state index is -0.391. The summed E-state index contributed by atoms with van der Waals surface area (Å²) in [6.07, 6.45) is 3.02. The van der Waals surface area contributed by atoms with Crippen LogP contribution in [-0.2, 0) is 26.2 Å². The molecule has 160 valence electrons. The number of benzene rings is 2. The Balaban J connectivity index is 1.73. The number of aromatic nitrogens is 4. The van der Waals surface area contributed by atoms with Crippen molar-refractivity contribution >= 4 is 0 Å². The molecule has 4 aromatic rings. The molecule has 3 heterocycles. The number of fused-ring (bicyclic) bond motifs is 8. The Kier molecular flexibility index (Phi) is 4.82. The highest BCUT2D eigenvalue weighted by Gasteiger charge is 2.11. The summed E-state index contributed by atoms with van der Waals surface area (Å²) in [6.45, 7) is 0.781. The van der Waals surface area contributed by atoms with Crippen LogP contribution in [0.2, 0.25) is 0 Å². The fourth-order valence-corrected chi connectivity index (χ4v) is 4.06. The van der Waals surface area contributed by atoms with E-state index in [1.165, 1.54) is 42.8 Å². The van der Waals surface area contributed by atoms with Crippen molar-refractivity contribution in [3.05, 3.63) is 137 Å². The lowest BCUT2D eigenvalue weighted by Crippen LogP contribution is -2.40. The maximum atomic E-state index is 13.0. The van der Waals surface area contributed by atoms with Gasteiger partial charge in [0.2, 0.25) is 0 Å². The molecule has 2 aromatic carbocycles. The summed E-state index contributed by atoms with van der Waals surface area (Å²) in [5.74, 6) is 0. The smallest absolute Gasteiger partial charge is 0.296 e. The maximum absolute atomic E-state index is 13.0. The summed E-state index contributed by atoms with van der Waals surface area (Å²) in [5, 5.41) is 0. The minimum Gasteiger partial charge on any atom is -0.296 e. The first-order chi connectivity index (χ1) is 15.5. The number of hydrogen-bond donors (Lipinski definition) is 0. The van der Waals surface area contributed by atoms with E-state index in [1.54, 1.807) is 12.1 Å². The van der Waals surface area contributed by atoms with Crippen LogP contribution in [0.5, 0.6) is 0 Å². The van der Waals surface area contributed by atoms with Crippen LogP contribution in [0, 0.1) is 0 Å². The van der Waals surface area contributed by atoms with Crippen molar-refractivity contribution in [2.24, 2.45) is 0 Å². The highest BCUT2D eigenvalue weighted by Crippen LogP contribution is 2.10. The van der Waals surface area contributed by atoms with Gasteiger partial charge < -0.3 is 0 Å². The van der Waals surface area contributed by atoms with Crippen molar-refractivity contribution in [2.45, 2.75) is 26.2 Å². The molecule has 0 unspecified atom stereocenters. The molecule has 0 saturated heterocycles. The third-order valence-corrected chi connectivity index (χ3v) is 5.65. The van der Waals surface area contributed by atoms with Crippen LogP contribution in [0.15, 0.2) is 92.2 Å². The van der Waals surface area contributed by atoms with E-state index in [-0.39, 0.29) is 24.2 Å². The molecule has 32 heavy (non-hydrogen) atoms. The Labute approximate surface area is 181 Å². The van der Waals surface area contributed by atoms with E-state index >= 15 is 0 Å². The number of rotatable bonds is 0. The second-order valence-electron chi connectivity index (χ2n) is 7.94. The average molecular weight is 428 g/mol. The van der Waals surface area contributed by atoms with Crippen LogP contribution in [-0.4, -0.2) is 18.3 Å². The third-order valence-electron chi connectivity index (χ3n) is 5.65. The molecule has 5 rings (SSSR count). The standard InChI is InChI=1S/C24H20N4O4/c29-21-7-9-25-13-17-3-1-4-18(11-17)14-26-10-8-22(30)28(24(26)32)16-20-6-2-5-19(12-20)15-27(21)23(25)31/h1-12H,13-16H2. The van der Waals surface area contributed by atoms with E-state index in [4.69, 9.17) is 0 Å². The first-order valence-electron chi connectivity index (χ1n) is 10.2. The molecule has 0 amide bonds. The van der Waals surface area contributed by atoms with Crippen molar-refractivity contribution in [1.29, 1.82) is 0 Å². The SMILES string of the molecule is O=c1ccn2c(=O)n1Cc1cccc(c1)Cn1c(=O)ccn(c1=O)Cc1cccc(c1)C2. The topological polar surface area (TPSA) is 88.0 Å². The lowest BCUT2D eigenvalue weighted by molar-refractivity contribution is 0.601. The molecule has 0 fully saturated rings. The zero-order chi connectivity index (χ0) is 22.2. The molecular weight excluding hydrogens is 408 g/mol. The van der Waals surface area contributed by atoms with Crippen molar-refractivity contribution in [3.8, 4) is 0 Å². The molecular formula is C24H20N4O4. The highest BCUT2D eigenvalue weighted by atomic mass is 16.2. The van der Waals surface area contributed by atoms with E-state index in [2.05, 4.69) is 0 Å². The fraction of sp³-hybridized carbons (Fsp3) is 0.167. The molecule has 8 bridgehead atoms. The predicted octanol–water partition coefficient (Wildman–Crippen LogP) is 0.840. The van der Waals surface area contributed by atoms with Crippen LogP contribution in [0.4, 0.5) is 0 Å². The van der Waals surface area contributed by atoms with Gasteiger partial charge in [0.05, 0.1) is 26.2 Å². The van der Waals surface area contributed by atoms with Gasteiger partial charge in [0.15, 0.2) is 0 Å². The molecule has 8 nitrogen and oxygen atoms in total. The molecule has 1 aliphatic rings. The summed E-state index contributed by atoms with van der Waals surface area (Å²) in [6, 6.07) is 17.6. The monoisotopic (exact) mass is 428 g/mol. The summed E-state index contributed by atoms with van der Waals surface area (Å²) in [4.78, 5) is 50.9. The van der Waals surface area contributed by atoms with E-state index in [0.717, 1.165) is 22.3 Å². The Morgan fingerprint density at radius 1 is 0.500 bits per heavy atom. The minimum absolute atomic E-state index is 0.0975. The van der Waals surface area contributed by atoms with Crippen LogP contribution in [0.3, 0.4) is 0 Å². The van der Waals surface area contributed by atoms with Crippen molar-refractivity contribution in [3.63, 3.8) is 0 Å². The molecule has 1 aliphatic heterocycles. The van der Waals surface area contributed by atoms with Gasteiger partial charge in [-0.2, -0.15) is 0 Å². The average Bonchev–Trinajstić information content (AvgIpc) is 2.78. The summed E-state index contributed by atoms with van der Waals surface area (Å²) >= 11 is 0. The summed E-state index contributed by atoms with van der Waals surface area (Å²) < 4.78 is 5.39. The molecule has 0 aliphatic carbocycles. The van der Waals surface area contributed by atoms with Gasteiger partial charge in [-0.05, 0) is 22.3 Å². The molecule has 0 saturated carbocycles. The first kappa shape index (κ1) is 19.7. The highest BCUT2D eigenvalue weighted by molar-refractivity contribution is 5.26. The Hall–Kier alpha value is -4.20. The lowest BCUT2D eigenvalue weighted by Gasteiger charge is -2.14. The maximum Gasteiger partial charge on any atom is 0.331 e. The van der Waals surface area contributed by atoms with Crippen LogP contribution in [0.1, 0.15) is 22.3 Å². The van der Waals surface area contributed by atoms with E-state index in [1.807, 2.05) is 36.4 Å². The second kappa shape index (κ2) is 7.81. The summed E-state index contributed by atoms with van der Waals surface area (Å²) in [5.41, 5.74) is 1.66. The fourth-order valence-electron chi connectivity index (χ4n) is 4.06. The van der Waals surface area contributed by atoms with Crippen molar-refractivity contribution < 1.29 is 0 Å². The zero-order valence-electron chi connectivity index (χ0n) is 17.2. The van der Waals surface area contributed by atoms with Gasteiger partial charge in [0.25, 0.3) is 11.1 Å². The number of hydrogen-bond acceptors (Lipinski definition) is 4. The van der Waals surface area contributed by atoms with Crippen LogP contribution < -0.4 is 22.5 Å². The molecule has 8 heteroatoms. The Morgan fingerprint density at radius 2 is 0.875 bits per heavy atom. The second-order valence-corrected chi connectivity index (χ2v) is 7.94. The van der Waals surface area contributed by atoms with E-state index in [9.17, 15) is 19.2 Å². The van der Waals surface area contributed by atoms with Crippen molar-refractivity contribution in [1.82, 2.24) is 18.3 Å². The van der Waals surface area contributed by atoms with Gasteiger partial charge in [0.1, 0.15) is 0 Å². The molecule has 0 radical (unpaired) electrons. The van der Waals surface area contributed by atoms with Gasteiger partial charge in [-0.25, -0.2) is 9.59 Å². The molecule has 0 N–H and O–H groups in total. The van der Waals surface area contributed by atoms with Gasteiger partial charge in [0, 0.05) is 24.5 Å². The van der Waals surface area contributed by atoms with Gasteiger partial charge in [-0.15, -0.1) is 0 Å². The van der Waals surface area contributed by atoms with Gasteiger partial charge >= 0.3 is 11.4 Å². The number of nitrogens with zero attached hydrogens (tertiary/aromatic N) is 4. The normalized spacial score (nSPS) is 13.0. The Morgan fingerprint density at radius 3 is 1.28 bits per heavy atom. The first-order valence-corrected chi connectivity index (χ1v) is 10.2. The largest absolute Gasteiger partial charge is 0.331 e. The predicted molar refractivity (Wildman–Crippen MR) is 119 cm³/mol. The van der Waals surface area contributed by atoms with E-state index < -0.39 is 11.4 Å². The van der Waals surface area contributed by atoms with Crippen molar-refractivity contribution in [2.75, 3.05) is 0 Å². The van der Waals surface area contributed by atoms with Crippen LogP contribution >= 0.6 is 0 Å². The zero-order valence-corrected chi connectivity index (χ0v) is 17.2. The third kappa shape index (κ3) is 3.66. The van der Waals surface area contributed by atoms with Crippen LogP contribution in [0.25, 0.3) is 0 Å². The van der Waals surface area contributed by atoms with Gasteiger partial charge in [-0.3, -0.25) is 27.9 Å². The quantitative estimate of drug-likeness (QED) is 0.366. The van der Waals surface area contributed by atoms with Gasteiger partial charge in [-0.1, -0.05) is 48.5 Å². The molecule has 0 atom stereocenters.